The van der Waals surface area contributed by atoms with Gasteiger partial charge in [-0.25, -0.2) is 4.79 Å². The average molecular weight is 460 g/mol. The van der Waals surface area contributed by atoms with Crippen molar-refractivity contribution in [3.8, 4) is 0 Å². The molecular formula is C23H33N5O3S. The first-order valence-electron chi connectivity index (χ1n) is 11.1. The van der Waals surface area contributed by atoms with Gasteiger partial charge in [0.05, 0.1) is 0 Å². The number of nitrogens with zero attached hydrogens (tertiary/aromatic N) is 3. The smallest absolute Gasteiger partial charge is 0.412 e. The Bertz CT molecular complexity index is 932. The number of anilines is 1. The van der Waals surface area contributed by atoms with Crippen molar-refractivity contribution >= 4 is 29.4 Å². The SMILES string of the molecule is CSc1nnc(CCCNC(=O)c2cccc(NC(=O)OC(C)(C)C)c2)n1C1CCCC1. The molecule has 32 heavy (non-hydrogen) atoms. The predicted octanol–water partition coefficient (Wildman–Crippen LogP) is 4.82. The molecule has 1 aromatic carbocycles. The zero-order chi connectivity index (χ0) is 23.1. The van der Waals surface area contributed by atoms with Crippen molar-refractivity contribution in [2.45, 2.75) is 76.1 Å². The van der Waals surface area contributed by atoms with E-state index in [2.05, 4.69) is 25.4 Å². The minimum atomic E-state index is -0.586. The van der Waals surface area contributed by atoms with E-state index in [4.69, 9.17) is 4.74 Å². The molecular weight excluding hydrogens is 426 g/mol. The van der Waals surface area contributed by atoms with E-state index in [0.717, 1.165) is 23.8 Å². The molecule has 1 aliphatic rings. The fourth-order valence-electron chi connectivity index (χ4n) is 3.86. The lowest BCUT2D eigenvalue weighted by Crippen LogP contribution is -2.27. The van der Waals surface area contributed by atoms with Crippen LogP contribution < -0.4 is 10.6 Å². The molecule has 0 spiro atoms. The van der Waals surface area contributed by atoms with Crippen molar-refractivity contribution < 1.29 is 14.3 Å². The number of aryl methyl sites for hydroxylation is 1. The summed E-state index contributed by atoms with van der Waals surface area (Å²) in [6.45, 7) is 5.94. The fraction of sp³-hybridized carbons (Fsp3) is 0.565. The number of rotatable bonds is 8. The molecule has 1 fully saturated rings. The topological polar surface area (TPSA) is 98.1 Å². The van der Waals surface area contributed by atoms with Gasteiger partial charge in [-0.1, -0.05) is 30.7 Å². The molecule has 1 aliphatic carbocycles. The molecule has 2 amide bonds. The molecule has 1 saturated carbocycles. The molecule has 0 bridgehead atoms. The standard InChI is InChI=1S/C23H33N5O3S/c1-23(2,3)31-22(30)25-17-10-7-9-16(15-17)20(29)24-14-8-13-19-26-27-21(32-4)28(19)18-11-5-6-12-18/h7,9-10,15,18H,5-6,8,11-14H2,1-4H3,(H,24,29)(H,25,30). The van der Waals surface area contributed by atoms with Crippen LogP contribution in [0, 0.1) is 0 Å². The van der Waals surface area contributed by atoms with Gasteiger partial charge in [0.1, 0.15) is 11.4 Å². The first-order valence-corrected chi connectivity index (χ1v) is 12.4. The molecule has 0 unspecified atom stereocenters. The van der Waals surface area contributed by atoms with E-state index >= 15 is 0 Å². The van der Waals surface area contributed by atoms with Crippen molar-refractivity contribution in [2.24, 2.45) is 0 Å². The molecule has 0 aliphatic heterocycles. The van der Waals surface area contributed by atoms with Gasteiger partial charge in [-0.05, 0) is 64.5 Å². The minimum absolute atomic E-state index is 0.181. The Hall–Kier alpha value is -2.55. The molecule has 0 atom stereocenters. The molecule has 0 saturated heterocycles. The summed E-state index contributed by atoms with van der Waals surface area (Å²) in [4.78, 5) is 24.5. The van der Waals surface area contributed by atoms with Crippen LogP contribution in [0.3, 0.4) is 0 Å². The van der Waals surface area contributed by atoms with E-state index in [1.165, 1.54) is 25.7 Å². The van der Waals surface area contributed by atoms with Gasteiger partial charge in [0.15, 0.2) is 5.16 Å². The molecule has 2 aromatic rings. The first-order chi connectivity index (χ1) is 15.3. The van der Waals surface area contributed by atoms with E-state index in [0.29, 0.717) is 23.8 Å². The van der Waals surface area contributed by atoms with Gasteiger partial charge in [-0.15, -0.1) is 10.2 Å². The number of aromatic nitrogens is 3. The molecule has 8 nitrogen and oxygen atoms in total. The monoisotopic (exact) mass is 459 g/mol. The summed E-state index contributed by atoms with van der Waals surface area (Å²) < 4.78 is 7.55. The quantitative estimate of drug-likeness (QED) is 0.434. The van der Waals surface area contributed by atoms with Gasteiger partial charge in [-0.2, -0.15) is 0 Å². The Labute approximate surface area is 193 Å². The van der Waals surface area contributed by atoms with E-state index in [9.17, 15) is 9.59 Å². The minimum Gasteiger partial charge on any atom is -0.444 e. The Morgan fingerprint density at radius 1 is 1.22 bits per heavy atom. The van der Waals surface area contributed by atoms with Crippen LogP contribution in [0.4, 0.5) is 10.5 Å². The van der Waals surface area contributed by atoms with Gasteiger partial charge in [0, 0.05) is 30.3 Å². The van der Waals surface area contributed by atoms with Crippen LogP contribution in [-0.4, -0.2) is 45.2 Å². The third kappa shape index (κ3) is 6.72. The number of carbonyl (C=O) groups excluding carboxylic acids is 2. The Morgan fingerprint density at radius 3 is 2.66 bits per heavy atom. The van der Waals surface area contributed by atoms with Crippen LogP contribution in [0.15, 0.2) is 29.4 Å². The Kier molecular flexibility index (Phi) is 8.17. The molecule has 3 rings (SSSR count). The largest absolute Gasteiger partial charge is 0.444 e. The summed E-state index contributed by atoms with van der Waals surface area (Å²) in [5.41, 5.74) is 0.413. The summed E-state index contributed by atoms with van der Waals surface area (Å²) in [7, 11) is 0. The molecule has 0 radical (unpaired) electrons. The van der Waals surface area contributed by atoms with Gasteiger partial charge in [-0.3, -0.25) is 10.1 Å². The van der Waals surface area contributed by atoms with Crippen LogP contribution in [-0.2, 0) is 11.2 Å². The number of thioether (sulfide) groups is 1. The number of nitrogens with one attached hydrogen (secondary N) is 2. The van der Waals surface area contributed by atoms with Crippen LogP contribution >= 0.6 is 11.8 Å². The van der Waals surface area contributed by atoms with Crippen molar-refractivity contribution in [3.05, 3.63) is 35.7 Å². The Morgan fingerprint density at radius 2 is 1.97 bits per heavy atom. The summed E-state index contributed by atoms with van der Waals surface area (Å²) >= 11 is 1.63. The predicted molar refractivity (Wildman–Crippen MR) is 126 cm³/mol. The van der Waals surface area contributed by atoms with Crippen molar-refractivity contribution in [1.29, 1.82) is 0 Å². The third-order valence-electron chi connectivity index (χ3n) is 5.24. The lowest BCUT2D eigenvalue weighted by atomic mass is 10.2. The van der Waals surface area contributed by atoms with Gasteiger partial charge in [0.2, 0.25) is 0 Å². The summed E-state index contributed by atoms with van der Waals surface area (Å²) in [6, 6.07) is 7.31. The number of hydrogen-bond donors (Lipinski definition) is 2. The van der Waals surface area contributed by atoms with E-state index in [1.807, 2.05) is 6.26 Å². The van der Waals surface area contributed by atoms with Gasteiger partial charge >= 0.3 is 6.09 Å². The highest BCUT2D eigenvalue weighted by molar-refractivity contribution is 7.98. The first kappa shape index (κ1) is 24.1. The normalized spacial score (nSPS) is 14.4. The van der Waals surface area contributed by atoms with Crippen molar-refractivity contribution in [2.75, 3.05) is 18.1 Å². The molecule has 174 valence electrons. The van der Waals surface area contributed by atoms with Crippen LogP contribution in [0.1, 0.15) is 75.1 Å². The number of ether oxygens (including phenoxy) is 1. The van der Waals surface area contributed by atoms with Gasteiger partial charge < -0.3 is 14.6 Å². The summed E-state index contributed by atoms with van der Waals surface area (Å²) in [5, 5.41) is 15.3. The van der Waals surface area contributed by atoms with Crippen molar-refractivity contribution in [1.82, 2.24) is 20.1 Å². The summed E-state index contributed by atoms with van der Waals surface area (Å²) in [6.07, 6.45) is 7.91. The van der Waals surface area contributed by atoms with Crippen molar-refractivity contribution in [3.63, 3.8) is 0 Å². The molecule has 2 N–H and O–H groups in total. The second-order valence-electron chi connectivity index (χ2n) is 8.98. The van der Waals surface area contributed by atoms with Crippen LogP contribution in [0.25, 0.3) is 0 Å². The van der Waals surface area contributed by atoms with E-state index < -0.39 is 11.7 Å². The zero-order valence-corrected chi connectivity index (χ0v) is 20.1. The second kappa shape index (κ2) is 10.8. The number of hydrogen-bond acceptors (Lipinski definition) is 6. The third-order valence-corrected chi connectivity index (χ3v) is 5.88. The summed E-state index contributed by atoms with van der Waals surface area (Å²) in [5.74, 6) is 0.818. The maximum Gasteiger partial charge on any atom is 0.412 e. The number of benzene rings is 1. The van der Waals surface area contributed by atoms with Crippen LogP contribution in [0.2, 0.25) is 0 Å². The highest BCUT2D eigenvalue weighted by Gasteiger charge is 2.23. The Balaban J connectivity index is 1.51. The lowest BCUT2D eigenvalue weighted by Gasteiger charge is -2.19. The van der Waals surface area contributed by atoms with Crippen LogP contribution in [0.5, 0.6) is 0 Å². The number of carbonyl (C=O) groups is 2. The van der Waals surface area contributed by atoms with E-state index in [-0.39, 0.29) is 5.91 Å². The maximum atomic E-state index is 12.6. The zero-order valence-electron chi connectivity index (χ0n) is 19.3. The lowest BCUT2D eigenvalue weighted by molar-refractivity contribution is 0.0635. The number of amides is 2. The fourth-order valence-corrected chi connectivity index (χ4v) is 4.43. The van der Waals surface area contributed by atoms with Gasteiger partial charge in [0.25, 0.3) is 5.91 Å². The molecule has 9 heteroatoms. The highest BCUT2D eigenvalue weighted by Crippen LogP contribution is 2.33. The maximum absolute atomic E-state index is 12.6. The van der Waals surface area contributed by atoms with E-state index in [1.54, 1.807) is 56.8 Å². The highest BCUT2D eigenvalue weighted by atomic mass is 32.2. The molecule has 1 aromatic heterocycles. The average Bonchev–Trinajstić information content (AvgIpc) is 3.39. The molecule has 1 heterocycles. The second-order valence-corrected chi connectivity index (χ2v) is 9.75.